The summed E-state index contributed by atoms with van der Waals surface area (Å²) in [5.41, 5.74) is 6.29. The summed E-state index contributed by atoms with van der Waals surface area (Å²) in [4.78, 5) is 25.8. The average molecular weight is 371 g/mol. The van der Waals surface area contributed by atoms with Gasteiger partial charge < -0.3 is 20.7 Å². The molecule has 1 unspecified atom stereocenters. The molecular formula is C20H22FN3O3. The second-order valence-electron chi connectivity index (χ2n) is 6.40. The zero-order valence-corrected chi connectivity index (χ0v) is 15.1. The number of primary amides is 1. The van der Waals surface area contributed by atoms with Crippen molar-refractivity contribution in [3.05, 3.63) is 65.0 Å². The predicted molar refractivity (Wildman–Crippen MR) is 99.2 cm³/mol. The van der Waals surface area contributed by atoms with Gasteiger partial charge in [0.25, 0.3) is 11.8 Å². The molecule has 0 aromatic heterocycles. The maximum absolute atomic E-state index is 14.3. The lowest BCUT2D eigenvalue weighted by Gasteiger charge is -2.28. The third-order valence-electron chi connectivity index (χ3n) is 4.55. The van der Waals surface area contributed by atoms with Crippen LogP contribution in [0.5, 0.6) is 5.75 Å². The van der Waals surface area contributed by atoms with E-state index in [2.05, 4.69) is 5.32 Å². The van der Waals surface area contributed by atoms with Crippen molar-refractivity contribution in [3.8, 4) is 5.75 Å². The molecule has 142 valence electrons. The monoisotopic (exact) mass is 371 g/mol. The highest BCUT2D eigenvalue weighted by atomic mass is 19.1. The van der Waals surface area contributed by atoms with Crippen molar-refractivity contribution in [1.82, 2.24) is 10.2 Å². The molecule has 1 aliphatic heterocycles. The highest BCUT2D eigenvalue weighted by Crippen LogP contribution is 2.26. The Bertz CT molecular complexity index is 850. The van der Waals surface area contributed by atoms with Crippen LogP contribution in [0.15, 0.2) is 42.5 Å². The molecule has 1 aliphatic rings. The molecule has 1 heterocycles. The fourth-order valence-corrected chi connectivity index (χ4v) is 3.03. The third-order valence-corrected chi connectivity index (χ3v) is 4.55. The molecule has 0 aliphatic carbocycles. The van der Waals surface area contributed by atoms with Crippen molar-refractivity contribution in [2.24, 2.45) is 5.73 Å². The van der Waals surface area contributed by atoms with Gasteiger partial charge in [-0.15, -0.1) is 0 Å². The van der Waals surface area contributed by atoms with Gasteiger partial charge in [-0.1, -0.05) is 18.2 Å². The minimum absolute atomic E-state index is 0.0213. The molecule has 3 N–H and O–H groups in total. The number of hydrogen-bond acceptors (Lipinski definition) is 4. The van der Waals surface area contributed by atoms with Gasteiger partial charge in [0, 0.05) is 26.2 Å². The summed E-state index contributed by atoms with van der Waals surface area (Å²) in [6.07, 6.45) is -0.499. The van der Waals surface area contributed by atoms with Gasteiger partial charge in [-0.05, 0) is 36.8 Å². The number of nitrogens with zero attached hydrogens (tertiary/aromatic N) is 1. The first kappa shape index (κ1) is 18.8. The number of carbonyl (C=O) groups excluding carboxylic acids is 2. The fraction of sp³-hybridized carbons (Fsp3) is 0.300. The van der Waals surface area contributed by atoms with Crippen LogP contribution < -0.4 is 15.8 Å². The van der Waals surface area contributed by atoms with E-state index in [4.69, 9.17) is 10.5 Å². The molecule has 2 aromatic rings. The molecule has 2 amide bonds. The standard InChI is InChI=1S/C20H22FN3O3/c1-13(27-18-5-3-2-4-15(18)19(22)25)14-6-7-17(21)16(12-14)20(26)24-10-8-23-9-11-24/h2-7,12-13,23H,8-11H2,1H3,(H2,22,25). The van der Waals surface area contributed by atoms with Gasteiger partial charge in [-0.25, -0.2) is 4.39 Å². The average Bonchev–Trinajstić information content (AvgIpc) is 2.68. The number of halogens is 1. The molecule has 6 nitrogen and oxygen atoms in total. The normalized spacial score (nSPS) is 15.3. The summed E-state index contributed by atoms with van der Waals surface area (Å²) in [7, 11) is 0. The Kier molecular flexibility index (Phi) is 5.71. The fourth-order valence-electron chi connectivity index (χ4n) is 3.03. The van der Waals surface area contributed by atoms with Gasteiger partial charge >= 0.3 is 0 Å². The van der Waals surface area contributed by atoms with Gasteiger partial charge in [0.05, 0.1) is 11.1 Å². The number of rotatable bonds is 5. The van der Waals surface area contributed by atoms with E-state index in [1.54, 1.807) is 42.2 Å². The minimum atomic E-state index is -0.591. The van der Waals surface area contributed by atoms with Crippen LogP contribution in [-0.4, -0.2) is 42.9 Å². The first-order chi connectivity index (χ1) is 13.0. The Morgan fingerprint density at radius 1 is 1.15 bits per heavy atom. The van der Waals surface area contributed by atoms with Crippen LogP contribution in [0.1, 0.15) is 39.3 Å². The van der Waals surface area contributed by atoms with Crippen molar-refractivity contribution >= 4 is 11.8 Å². The molecule has 0 saturated carbocycles. The summed E-state index contributed by atoms with van der Waals surface area (Å²) in [6.45, 7) is 4.23. The third kappa shape index (κ3) is 4.25. The highest BCUT2D eigenvalue weighted by Gasteiger charge is 2.22. The Labute approximate surface area is 157 Å². The van der Waals surface area contributed by atoms with Gasteiger partial charge in [-0.2, -0.15) is 0 Å². The number of nitrogens with one attached hydrogen (secondary N) is 1. The van der Waals surface area contributed by atoms with E-state index in [9.17, 15) is 14.0 Å². The van der Waals surface area contributed by atoms with Crippen LogP contribution in [0.2, 0.25) is 0 Å². The lowest BCUT2D eigenvalue weighted by molar-refractivity contribution is 0.0730. The van der Waals surface area contributed by atoms with Crippen LogP contribution in [-0.2, 0) is 0 Å². The molecule has 27 heavy (non-hydrogen) atoms. The van der Waals surface area contributed by atoms with Crippen LogP contribution in [0.3, 0.4) is 0 Å². The number of carbonyl (C=O) groups is 2. The van der Waals surface area contributed by atoms with Crippen molar-refractivity contribution in [2.75, 3.05) is 26.2 Å². The second kappa shape index (κ2) is 8.18. The Morgan fingerprint density at radius 3 is 2.56 bits per heavy atom. The number of ether oxygens (including phenoxy) is 1. The first-order valence-corrected chi connectivity index (χ1v) is 8.82. The lowest BCUT2D eigenvalue weighted by Crippen LogP contribution is -2.46. The molecule has 1 fully saturated rings. The summed E-state index contributed by atoms with van der Waals surface area (Å²) in [6, 6.07) is 11.0. The highest BCUT2D eigenvalue weighted by molar-refractivity contribution is 5.96. The smallest absolute Gasteiger partial charge is 0.256 e. The molecule has 0 radical (unpaired) electrons. The van der Waals surface area contributed by atoms with Crippen LogP contribution >= 0.6 is 0 Å². The molecule has 7 heteroatoms. The number of piperazine rings is 1. The van der Waals surface area contributed by atoms with E-state index in [0.29, 0.717) is 37.5 Å². The minimum Gasteiger partial charge on any atom is -0.485 e. The number of nitrogens with two attached hydrogens (primary N) is 1. The van der Waals surface area contributed by atoms with Gasteiger partial charge in [-0.3, -0.25) is 9.59 Å². The number of amides is 2. The largest absolute Gasteiger partial charge is 0.485 e. The Hall–Kier alpha value is -2.93. The quantitative estimate of drug-likeness (QED) is 0.843. The maximum atomic E-state index is 14.3. The van der Waals surface area contributed by atoms with E-state index in [0.717, 1.165) is 0 Å². The van der Waals surface area contributed by atoms with Crippen LogP contribution in [0.25, 0.3) is 0 Å². The van der Waals surface area contributed by atoms with E-state index in [-0.39, 0.29) is 17.0 Å². The zero-order valence-electron chi connectivity index (χ0n) is 15.1. The van der Waals surface area contributed by atoms with Gasteiger partial charge in [0.2, 0.25) is 0 Å². The number of hydrogen-bond donors (Lipinski definition) is 2. The van der Waals surface area contributed by atoms with Crippen LogP contribution in [0, 0.1) is 5.82 Å². The molecule has 2 aromatic carbocycles. The van der Waals surface area contributed by atoms with E-state index in [1.807, 2.05) is 0 Å². The summed E-state index contributed by atoms with van der Waals surface area (Å²) in [5, 5.41) is 3.16. The molecule has 0 spiro atoms. The Balaban J connectivity index is 1.83. The summed E-state index contributed by atoms with van der Waals surface area (Å²) < 4.78 is 20.1. The van der Waals surface area contributed by atoms with Crippen LogP contribution in [0.4, 0.5) is 4.39 Å². The van der Waals surface area contributed by atoms with Crippen molar-refractivity contribution < 1.29 is 18.7 Å². The molecule has 1 saturated heterocycles. The summed E-state index contributed by atoms with van der Waals surface area (Å²) >= 11 is 0. The van der Waals surface area contributed by atoms with E-state index < -0.39 is 17.8 Å². The molecule has 0 bridgehead atoms. The maximum Gasteiger partial charge on any atom is 0.256 e. The molecular weight excluding hydrogens is 349 g/mol. The first-order valence-electron chi connectivity index (χ1n) is 8.82. The second-order valence-corrected chi connectivity index (χ2v) is 6.40. The Morgan fingerprint density at radius 2 is 1.85 bits per heavy atom. The molecule has 1 atom stereocenters. The number of benzene rings is 2. The van der Waals surface area contributed by atoms with Crippen molar-refractivity contribution in [2.45, 2.75) is 13.0 Å². The van der Waals surface area contributed by atoms with Crippen molar-refractivity contribution in [1.29, 1.82) is 0 Å². The van der Waals surface area contributed by atoms with E-state index >= 15 is 0 Å². The lowest BCUT2D eigenvalue weighted by atomic mass is 10.0. The predicted octanol–water partition coefficient (Wildman–Crippen LogP) is 2.11. The van der Waals surface area contributed by atoms with E-state index in [1.165, 1.54) is 12.1 Å². The van der Waals surface area contributed by atoms with Crippen molar-refractivity contribution in [3.63, 3.8) is 0 Å². The summed E-state index contributed by atoms with van der Waals surface area (Å²) in [5.74, 6) is -1.14. The molecule has 3 rings (SSSR count). The number of para-hydroxylation sites is 1. The van der Waals surface area contributed by atoms with Gasteiger partial charge in [0.1, 0.15) is 17.7 Å². The topological polar surface area (TPSA) is 84.7 Å². The SMILES string of the molecule is CC(Oc1ccccc1C(N)=O)c1ccc(F)c(C(=O)N2CCNCC2)c1. The van der Waals surface area contributed by atoms with Gasteiger partial charge in [0.15, 0.2) is 0 Å². The zero-order chi connectivity index (χ0) is 19.4.